The molecule has 0 radical (unpaired) electrons. The van der Waals surface area contributed by atoms with Crippen LogP contribution in [0.2, 0.25) is 0 Å². The average Bonchev–Trinajstić information content (AvgIpc) is 3.27. The summed E-state index contributed by atoms with van der Waals surface area (Å²) in [6.45, 7) is 5.46. The van der Waals surface area contributed by atoms with E-state index in [-0.39, 0.29) is 0 Å². The van der Waals surface area contributed by atoms with Crippen molar-refractivity contribution in [2.24, 2.45) is 11.7 Å². The van der Waals surface area contributed by atoms with Crippen molar-refractivity contribution in [3.05, 3.63) is 35.9 Å². The molecule has 2 aromatic rings. The maximum atomic E-state index is 5.96. The highest BCUT2D eigenvalue weighted by atomic mass is 32.1. The zero-order valence-corrected chi connectivity index (χ0v) is 13.4. The van der Waals surface area contributed by atoms with Gasteiger partial charge in [-0.3, -0.25) is 0 Å². The Morgan fingerprint density at radius 1 is 1.38 bits per heavy atom. The first-order chi connectivity index (χ1) is 10.1. The third-order valence-electron chi connectivity index (χ3n) is 3.79. The van der Waals surface area contributed by atoms with Crippen molar-refractivity contribution in [1.29, 1.82) is 0 Å². The van der Waals surface area contributed by atoms with Crippen molar-refractivity contribution in [2.45, 2.75) is 32.7 Å². The molecule has 1 aromatic carbocycles. The van der Waals surface area contributed by atoms with E-state index in [4.69, 9.17) is 22.9 Å². The van der Waals surface area contributed by atoms with Gasteiger partial charge in [0.2, 0.25) is 0 Å². The summed E-state index contributed by atoms with van der Waals surface area (Å²) in [6.07, 6.45) is 2.47. The fourth-order valence-corrected chi connectivity index (χ4v) is 2.84. The molecule has 2 N–H and O–H groups in total. The van der Waals surface area contributed by atoms with Gasteiger partial charge in [-0.15, -0.1) is 0 Å². The number of hydrogen-bond donors (Lipinski definition) is 1. The highest BCUT2D eigenvalue weighted by Crippen LogP contribution is 2.34. The van der Waals surface area contributed by atoms with E-state index in [0.717, 1.165) is 28.8 Å². The van der Waals surface area contributed by atoms with Crippen molar-refractivity contribution >= 4 is 33.9 Å². The number of benzene rings is 1. The van der Waals surface area contributed by atoms with Gasteiger partial charge in [0.1, 0.15) is 10.8 Å². The second kappa shape index (κ2) is 5.60. The summed E-state index contributed by atoms with van der Waals surface area (Å²) in [5.74, 6) is 1.54. The molecule has 0 spiro atoms. The molecule has 1 aliphatic rings. The molecule has 3 nitrogen and oxygen atoms in total. The topological polar surface area (TPSA) is 42.2 Å². The van der Waals surface area contributed by atoms with Crippen LogP contribution >= 0.6 is 12.2 Å². The minimum Gasteiger partial charge on any atom is -0.389 e. The summed E-state index contributed by atoms with van der Waals surface area (Å²) >= 11 is 5.26. The molecule has 1 aliphatic carbocycles. The molecular weight excluding hydrogens is 278 g/mol. The Bertz CT molecular complexity index is 677. The summed E-state index contributed by atoms with van der Waals surface area (Å²) < 4.78 is 0. The lowest BCUT2D eigenvalue weighted by Crippen LogP contribution is -2.32. The molecule has 4 heteroatoms. The van der Waals surface area contributed by atoms with Crippen LogP contribution < -0.4 is 10.6 Å². The maximum absolute atomic E-state index is 5.96. The minimum atomic E-state index is 0.428. The lowest BCUT2D eigenvalue weighted by Gasteiger charge is -2.27. The Hall–Kier alpha value is -1.68. The number of nitrogens with zero attached hydrogens (tertiary/aromatic N) is 2. The third kappa shape index (κ3) is 3.00. The first-order valence-electron chi connectivity index (χ1n) is 7.52. The highest BCUT2D eigenvalue weighted by molar-refractivity contribution is 7.80. The van der Waals surface area contributed by atoms with E-state index < -0.39 is 0 Å². The van der Waals surface area contributed by atoms with E-state index in [2.05, 4.69) is 30.9 Å². The number of pyridine rings is 1. The molecule has 1 aromatic heterocycles. The summed E-state index contributed by atoms with van der Waals surface area (Å²) in [5.41, 5.74) is 7.86. The van der Waals surface area contributed by atoms with E-state index in [1.165, 1.54) is 12.8 Å². The predicted octanol–water partition coefficient (Wildman–Crippen LogP) is 3.49. The normalized spacial score (nSPS) is 14.6. The van der Waals surface area contributed by atoms with E-state index in [1.54, 1.807) is 0 Å². The SMILES string of the molecule is CC(C)CN(c1nc2ccccc2cc1C(N)=S)C1CC1. The van der Waals surface area contributed by atoms with Crippen LogP contribution in [0.15, 0.2) is 30.3 Å². The molecule has 0 unspecified atom stereocenters. The van der Waals surface area contributed by atoms with Gasteiger partial charge in [0, 0.05) is 18.0 Å². The van der Waals surface area contributed by atoms with Crippen LogP contribution in [-0.2, 0) is 0 Å². The quantitative estimate of drug-likeness (QED) is 0.858. The van der Waals surface area contributed by atoms with Crippen molar-refractivity contribution < 1.29 is 0 Å². The molecule has 1 saturated carbocycles. The lowest BCUT2D eigenvalue weighted by molar-refractivity contribution is 0.603. The zero-order chi connectivity index (χ0) is 15.0. The molecule has 0 atom stereocenters. The fraction of sp³-hybridized carbons (Fsp3) is 0.412. The molecule has 0 saturated heterocycles. The van der Waals surface area contributed by atoms with Gasteiger partial charge >= 0.3 is 0 Å². The molecular formula is C17H21N3S. The van der Waals surface area contributed by atoms with Crippen LogP contribution in [0, 0.1) is 5.92 Å². The summed E-state index contributed by atoms with van der Waals surface area (Å²) in [4.78, 5) is 7.69. The van der Waals surface area contributed by atoms with Crippen molar-refractivity contribution in [3.63, 3.8) is 0 Å². The van der Waals surface area contributed by atoms with Crippen LogP contribution in [-0.4, -0.2) is 22.6 Å². The smallest absolute Gasteiger partial charge is 0.139 e. The molecule has 0 amide bonds. The number of aromatic nitrogens is 1. The summed E-state index contributed by atoms with van der Waals surface area (Å²) in [6, 6.07) is 10.8. The van der Waals surface area contributed by atoms with Crippen molar-refractivity contribution in [1.82, 2.24) is 4.98 Å². The van der Waals surface area contributed by atoms with Crippen LogP contribution in [0.25, 0.3) is 10.9 Å². The van der Waals surface area contributed by atoms with Gasteiger partial charge in [-0.2, -0.15) is 0 Å². The minimum absolute atomic E-state index is 0.428. The molecule has 110 valence electrons. The first kappa shape index (κ1) is 14.3. The molecule has 1 heterocycles. The van der Waals surface area contributed by atoms with E-state index in [9.17, 15) is 0 Å². The standard InChI is InChI=1S/C17H21N3S/c1-11(2)10-20(13-7-8-13)17-14(16(18)21)9-12-5-3-4-6-15(12)19-17/h3-6,9,11,13H,7-8,10H2,1-2H3,(H2,18,21). The number of fused-ring (bicyclic) bond motifs is 1. The Morgan fingerprint density at radius 2 is 2.10 bits per heavy atom. The van der Waals surface area contributed by atoms with Crippen molar-refractivity contribution in [2.75, 3.05) is 11.4 Å². The molecule has 3 rings (SSSR count). The van der Waals surface area contributed by atoms with Gasteiger partial charge in [-0.05, 0) is 30.9 Å². The lowest BCUT2D eigenvalue weighted by atomic mass is 10.1. The fourth-order valence-electron chi connectivity index (χ4n) is 2.69. The Morgan fingerprint density at radius 3 is 2.71 bits per heavy atom. The summed E-state index contributed by atoms with van der Waals surface area (Å²) in [7, 11) is 0. The largest absolute Gasteiger partial charge is 0.389 e. The van der Waals surface area contributed by atoms with Gasteiger partial charge in [-0.25, -0.2) is 4.98 Å². The van der Waals surface area contributed by atoms with Crippen LogP contribution in [0.1, 0.15) is 32.3 Å². The monoisotopic (exact) mass is 299 g/mol. The number of nitrogens with two attached hydrogens (primary N) is 1. The third-order valence-corrected chi connectivity index (χ3v) is 4.01. The van der Waals surface area contributed by atoms with Crippen LogP contribution in [0.3, 0.4) is 0 Å². The Kier molecular flexibility index (Phi) is 3.81. The number of hydrogen-bond acceptors (Lipinski definition) is 3. The second-order valence-electron chi connectivity index (χ2n) is 6.19. The highest BCUT2D eigenvalue weighted by Gasteiger charge is 2.32. The van der Waals surface area contributed by atoms with Crippen molar-refractivity contribution in [3.8, 4) is 0 Å². The molecule has 0 bridgehead atoms. The maximum Gasteiger partial charge on any atom is 0.139 e. The van der Waals surface area contributed by atoms with Gasteiger partial charge < -0.3 is 10.6 Å². The number of rotatable bonds is 5. The Labute approximate surface area is 131 Å². The number of thiocarbonyl (C=S) groups is 1. The summed E-state index contributed by atoms with van der Waals surface area (Å²) in [5, 5.41) is 1.09. The van der Waals surface area contributed by atoms with Gasteiger partial charge in [-0.1, -0.05) is 44.3 Å². The second-order valence-corrected chi connectivity index (χ2v) is 6.63. The average molecular weight is 299 g/mol. The Balaban J connectivity index is 2.13. The van der Waals surface area contributed by atoms with Gasteiger partial charge in [0.25, 0.3) is 0 Å². The van der Waals surface area contributed by atoms with E-state index in [1.807, 2.05) is 18.2 Å². The van der Waals surface area contributed by atoms with Gasteiger partial charge in [0.05, 0.1) is 11.1 Å². The van der Waals surface area contributed by atoms with E-state index >= 15 is 0 Å². The molecule has 21 heavy (non-hydrogen) atoms. The zero-order valence-electron chi connectivity index (χ0n) is 12.5. The predicted molar refractivity (Wildman–Crippen MR) is 92.8 cm³/mol. The first-order valence-corrected chi connectivity index (χ1v) is 7.93. The van der Waals surface area contributed by atoms with Crippen LogP contribution in [0.5, 0.6) is 0 Å². The van der Waals surface area contributed by atoms with E-state index in [0.29, 0.717) is 16.9 Å². The number of anilines is 1. The van der Waals surface area contributed by atoms with Crippen LogP contribution in [0.4, 0.5) is 5.82 Å². The number of para-hydroxylation sites is 1. The molecule has 0 aliphatic heterocycles. The van der Waals surface area contributed by atoms with Gasteiger partial charge in [0.15, 0.2) is 0 Å². The molecule has 1 fully saturated rings.